The predicted molar refractivity (Wildman–Crippen MR) is 117 cm³/mol. The number of ether oxygens (including phenoxy) is 1. The number of imide groups is 1. The Morgan fingerprint density at radius 1 is 0.968 bits per heavy atom. The minimum Gasteiger partial charge on any atom is -0.383 e. The summed E-state index contributed by atoms with van der Waals surface area (Å²) in [7, 11) is 1.59. The maximum Gasteiger partial charge on any atom is 0.327 e. The van der Waals surface area contributed by atoms with Gasteiger partial charge in [-0.2, -0.15) is 0 Å². The van der Waals surface area contributed by atoms with Gasteiger partial charge in [0.1, 0.15) is 5.54 Å². The minimum atomic E-state index is -0.742. The van der Waals surface area contributed by atoms with E-state index in [2.05, 4.69) is 22.0 Å². The first-order chi connectivity index (χ1) is 15.1. The van der Waals surface area contributed by atoms with Gasteiger partial charge in [0.25, 0.3) is 5.91 Å². The molecule has 164 valence electrons. The van der Waals surface area contributed by atoms with Gasteiger partial charge in [-0.05, 0) is 42.5 Å². The molecule has 2 aromatic rings. The second kappa shape index (κ2) is 9.58. The number of aromatic nitrogens is 1. The number of likely N-dealkylation sites (tertiary alicyclic amines) is 1. The summed E-state index contributed by atoms with van der Waals surface area (Å²) in [6.07, 6.45) is 5.65. The van der Waals surface area contributed by atoms with E-state index >= 15 is 0 Å². The lowest BCUT2D eigenvalue weighted by Gasteiger charge is -2.42. The van der Waals surface area contributed by atoms with Crippen LogP contribution >= 0.6 is 0 Å². The summed E-state index contributed by atoms with van der Waals surface area (Å²) in [4.78, 5) is 36.4. The highest BCUT2D eigenvalue weighted by Crippen LogP contribution is 2.37. The Kier molecular flexibility index (Phi) is 6.63. The van der Waals surface area contributed by atoms with E-state index in [9.17, 15) is 9.59 Å². The molecule has 2 aliphatic heterocycles. The minimum absolute atomic E-state index is 0.0637. The molecule has 31 heavy (non-hydrogen) atoms. The fraction of sp³-hybridized carbons (Fsp3) is 0.458. The molecule has 4 rings (SSSR count). The third kappa shape index (κ3) is 4.48. The first-order valence-corrected chi connectivity index (χ1v) is 10.9. The van der Waals surface area contributed by atoms with Gasteiger partial charge in [-0.1, -0.05) is 30.3 Å². The number of hydrogen-bond donors (Lipinski definition) is 0. The van der Waals surface area contributed by atoms with E-state index in [-0.39, 0.29) is 11.9 Å². The van der Waals surface area contributed by atoms with Gasteiger partial charge in [-0.3, -0.25) is 19.6 Å². The van der Waals surface area contributed by atoms with E-state index in [1.165, 1.54) is 16.0 Å². The molecule has 7 nitrogen and oxygen atoms in total. The smallest absolute Gasteiger partial charge is 0.327 e. The molecule has 1 aromatic carbocycles. The van der Waals surface area contributed by atoms with Crippen LogP contribution in [0.15, 0.2) is 54.9 Å². The first kappa shape index (κ1) is 21.5. The van der Waals surface area contributed by atoms with Gasteiger partial charge >= 0.3 is 6.03 Å². The molecule has 2 aliphatic rings. The van der Waals surface area contributed by atoms with Crippen LogP contribution in [0, 0.1) is 0 Å². The van der Waals surface area contributed by atoms with Crippen LogP contribution < -0.4 is 0 Å². The Morgan fingerprint density at radius 2 is 1.68 bits per heavy atom. The third-order valence-electron chi connectivity index (χ3n) is 6.45. The number of amides is 3. The van der Waals surface area contributed by atoms with Crippen molar-refractivity contribution >= 4 is 11.9 Å². The molecule has 0 bridgehead atoms. The van der Waals surface area contributed by atoms with Crippen LogP contribution in [0.25, 0.3) is 0 Å². The zero-order chi connectivity index (χ0) is 21.7. The molecule has 2 saturated heterocycles. The van der Waals surface area contributed by atoms with Crippen molar-refractivity contribution in [1.82, 2.24) is 19.7 Å². The largest absolute Gasteiger partial charge is 0.383 e. The van der Waals surface area contributed by atoms with Crippen molar-refractivity contribution in [3.05, 3.63) is 66.0 Å². The summed E-state index contributed by atoms with van der Waals surface area (Å²) in [5, 5.41) is 0. The van der Waals surface area contributed by atoms with E-state index < -0.39 is 5.54 Å². The van der Waals surface area contributed by atoms with Gasteiger partial charge < -0.3 is 9.64 Å². The zero-order valence-corrected chi connectivity index (χ0v) is 18.1. The number of piperidine rings is 1. The van der Waals surface area contributed by atoms with Crippen LogP contribution in [0.5, 0.6) is 0 Å². The molecule has 3 heterocycles. The quantitative estimate of drug-likeness (QED) is 0.612. The second-order valence-corrected chi connectivity index (χ2v) is 8.28. The van der Waals surface area contributed by atoms with Crippen LogP contribution in [-0.2, 0) is 22.5 Å². The maximum atomic E-state index is 13.5. The number of rotatable bonds is 8. The molecule has 0 N–H and O–H groups in total. The highest BCUT2D eigenvalue weighted by molar-refractivity contribution is 6.07. The van der Waals surface area contributed by atoms with Gasteiger partial charge in [0, 0.05) is 45.7 Å². The molecule has 2 fully saturated rings. The monoisotopic (exact) mass is 422 g/mol. The van der Waals surface area contributed by atoms with Gasteiger partial charge in [0.2, 0.25) is 0 Å². The number of hydrogen-bond acceptors (Lipinski definition) is 5. The molecule has 0 unspecified atom stereocenters. The summed E-state index contributed by atoms with van der Waals surface area (Å²) < 4.78 is 5.15. The summed E-state index contributed by atoms with van der Waals surface area (Å²) in [5.74, 6) is -0.0637. The number of carbonyl (C=O) groups excluding carboxylic acids is 2. The topological polar surface area (TPSA) is 66.0 Å². The molecule has 1 aromatic heterocycles. The van der Waals surface area contributed by atoms with Crippen molar-refractivity contribution in [1.29, 1.82) is 0 Å². The first-order valence-electron chi connectivity index (χ1n) is 10.9. The SMILES string of the molecule is COCCN1C(=O)N(CCc2ccccc2)C2(CCN(Cc3ccncc3)CC2)C1=O. The molecule has 0 saturated carbocycles. The average Bonchev–Trinajstić information content (AvgIpc) is 2.99. The van der Waals surface area contributed by atoms with Gasteiger partial charge in [-0.15, -0.1) is 0 Å². The molecular formula is C24H30N4O3. The third-order valence-corrected chi connectivity index (χ3v) is 6.45. The van der Waals surface area contributed by atoms with E-state index in [1.54, 1.807) is 19.5 Å². The van der Waals surface area contributed by atoms with Crippen molar-refractivity contribution in [2.45, 2.75) is 31.3 Å². The number of urea groups is 1. The Labute approximate surface area is 183 Å². The summed E-state index contributed by atoms with van der Waals surface area (Å²) >= 11 is 0. The van der Waals surface area contributed by atoms with Crippen molar-refractivity contribution < 1.29 is 14.3 Å². The van der Waals surface area contributed by atoms with E-state index in [0.717, 1.165) is 26.1 Å². The molecule has 0 atom stereocenters. The Bertz CT molecular complexity index is 882. The van der Waals surface area contributed by atoms with Crippen LogP contribution in [0.1, 0.15) is 24.0 Å². The van der Waals surface area contributed by atoms with E-state index in [4.69, 9.17) is 4.74 Å². The predicted octanol–water partition coefficient (Wildman–Crippen LogP) is 2.57. The lowest BCUT2D eigenvalue weighted by atomic mass is 9.85. The van der Waals surface area contributed by atoms with Crippen LogP contribution in [0.2, 0.25) is 0 Å². The van der Waals surface area contributed by atoms with Crippen molar-refractivity contribution in [2.24, 2.45) is 0 Å². The number of pyridine rings is 1. The van der Waals surface area contributed by atoms with Crippen molar-refractivity contribution in [3.8, 4) is 0 Å². The van der Waals surface area contributed by atoms with Gasteiger partial charge in [-0.25, -0.2) is 4.79 Å². The number of benzene rings is 1. The molecule has 0 radical (unpaired) electrons. The highest BCUT2D eigenvalue weighted by Gasteiger charge is 2.57. The highest BCUT2D eigenvalue weighted by atomic mass is 16.5. The molecule has 7 heteroatoms. The number of methoxy groups -OCH3 is 1. The van der Waals surface area contributed by atoms with E-state index in [1.807, 2.05) is 35.2 Å². The second-order valence-electron chi connectivity index (χ2n) is 8.28. The Morgan fingerprint density at radius 3 is 2.35 bits per heavy atom. The maximum absolute atomic E-state index is 13.5. The standard InChI is InChI=1S/C24H30N4O3/c1-31-18-17-27-22(29)24(28(23(27)30)14-9-20-5-3-2-4-6-20)10-15-26(16-11-24)19-21-7-12-25-13-8-21/h2-8,12-13H,9-11,14-19H2,1H3. The van der Waals surface area contributed by atoms with Gasteiger partial charge in [0.05, 0.1) is 13.2 Å². The average molecular weight is 423 g/mol. The van der Waals surface area contributed by atoms with Crippen LogP contribution in [-0.4, -0.2) is 77.1 Å². The summed E-state index contributed by atoms with van der Waals surface area (Å²) in [5.41, 5.74) is 1.64. The lowest BCUT2D eigenvalue weighted by molar-refractivity contribution is -0.136. The van der Waals surface area contributed by atoms with Crippen LogP contribution in [0.3, 0.4) is 0 Å². The molecule has 1 spiro atoms. The summed E-state index contributed by atoms with van der Waals surface area (Å²) in [6, 6.07) is 14.0. The Balaban J connectivity index is 1.49. The Hall–Kier alpha value is -2.77. The zero-order valence-electron chi connectivity index (χ0n) is 18.1. The number of carbonyl (C=O) groups is 2. The molecule has 0 aliphatic carbocycles. The van der Waals surface area contributed by atoms with Crippen LogP contribution in [0.4, 0.5) is 4.79 Å². The lowest BCUT2D eigenvalue weighted by Crippen LogP contribution is -2.56. The molecular weight excluding hydrogens is 392 g/mol. The summed E-state index contributed by atoms with van der Waals surface area (Å²) in [6.45, 7) is 3.59. The van der Waals surface area contributed by atoms with Crippen molar-refractivity contribution in [2.75, 3.05) is 39.9 Å². The molecule has 3 amide bonds. The van der Waals surface area contributed by atoms with Gasteiger partial charge in [0.15, 0.2) is 0 Å². The van der Waals surface area contributed by atoms with E-state index in [0.29, 0.717) is 32.5 Å². The fourth-order valence-electron chi connectivity index (χ4n) is 4.67. The number of nitrogens with zero attached hydrogens (tertiary/aromatic N) is 4. The van der Waals surface area contributed by atoms with Crippen molar-refractivity contribution in [3.63, 3.8) is 0 Å². The fourth-order valence-corrected chi connectivity index (χ4v) is 4.67. The normalized spacial score (nSPS) is 18.9.